The highest BCUT2D eigenvalue weighted by Crippen LogP contribution is 2.29. The molecule has 2 saturated heterocycles. The fourth-order valence-electron chi connectivity index (χ4n) is 3.61. The molecule has 7 nitrogen and oxygen atoms in total. The summed E-state index contributed by atoms with van der Waals surface area (Å²) in [5.74, 6) is 0.317. The number of likely N-dealkylation sites (tertiary alicyclic amines) is 1. The first kappa shape index (κ1) is 19.6. The molecule has 1 aromatic rings. The van der Waals surface area contributed by atoms with Crippen LogP contribution in [0.15, 0.2) is 18.2 Å². The highest BCUT2D eigenvalue weighted by atomic mass is 16.5. The van der Waals surface area contributed by atoms with Crippen molar-refractivity contribution in [3.05, 3.63) is 23.8 Å². The van der Waals surface area contributed by atoms with Gasteiger partial charge in [-0.3, -0.25) is 9.59 Å². The summed E-state index contributed by atoms with van der Waals surface area (Å²) in [5, 5.41) is 2.88. The van der Waals surface area contributed by atoms with Crippen molar-refractivity contribution < 1.29 is 19.1 Å². The normalized spacial score (nSPS) is 22.5. The number of carbonyl (C=O) groups is 2. The third-order valence-electron chi connectivity index (χ3n) is 5.09. The fraction of sp³-hybridized carbons (Fsp3) is 0.600. The third-order valence-corrected chi connectivity index (χ3v) is 5.09. The van der Waals surface area contributed by atoms with Crippen LogP contribution in [0.3, 0.4) is 0 Å². The number of amides is 2. The molecule has 2 heterocycles. The minimum Gasteiger partial charge on any atom is -0.492 e. The minimum atomic E-state index is -0.519. The summed E-state index contributed by atoms with van der Waals surface area (Å²) in [4.78, 5) is 27.2. The summed E-state index contributed by atoms with van der Waals surface area (Å²) in [6.07, 6.45) is 4.07. The van der Waals surface area contributed by atoms with Gasteiger partial charge in [-0.2, -0.15) is 0 Å². The molecule has 2 atom stereocenters. The van der Waals surface area contributed by atoms with Gasteiger partial charge in [-0.1, -0.05) is 0 Å². The number of hydrogen-bond acceptors (Lipinski definition) is 5. The molecule has 0 saturated carbocycles. The molecule has 2 aliphatic heterocycles. The number of ether oxygens (including phenoxy) is 2. The molecule has 0 unspecified atom stereocenters. The van der Waals surface area contributed by atoms with Crippen LogP contribution in [0.25, 0.3) is 0 Å². The van der Waals surface area contributed by atoms with E-state index in [1.165, 1.54) is 6.42 Å². The summed E-state index contributed by atoms with van der Waals surface area (Å²) in [6.45, 7) is 4.32. The highest BCUT2D eigenvalue weighted by Gasteiger charge is 2.30. The molecular formula is C20H29N3O4. The van der Waals surface area contributed by atoms with Crippen molar-refractivity contribution in [3.8, 4) is 5.75 Å². The molecule has 0 aromatic heterocycles. The van der Waals surface area contributed by atoms with Gasteiger partial charge < -0.3 is 25.4 Å². The molecule has 0 aliphatic carbocycles. The summed E-state index contributed by atoms with van der Waals surface area (Å²) >= 11 is 0. The minimum absolute atomic E-state index is 0.00596. The average molecular weight is 375 g/mol. The third kappa shape index (κ3) is 4.78. The lowest BCUT2D eigenvalue weighted by Crippen LogP contribution is -2.35. The van der Waals surface area contributed by atoms with E-state index < -0.39 is 6.10 Å². The van der Waals surface area contributed by atoms with Crippen molar-refractivity contribution in [2.45, 2.75) is 51.2 Å². The number of nitrogens with one attached hydrogen (secondary N) is 1. The second kappa shape index (κ2) is 9.19. The van der Waals surface area contributed by atoms with Gasteiger partial charge >= 0.3 is 0 Å². The van der Waals surface area contributed by atoms with E-state index in [2.05, 4.69) is 5.32 Å². The Bertz CT molecular complexity index is 673. The zero-order chi connectivity index (χ0) is 19.2. The first-order valence-electron chi connectivity index (χ1n) is 9.85. The van der Waals surface area contributed by atoms with E-state index in [9.17, 15) is 9.59 Å². The maximum Gasteiger partial charge on any atom is 0.253 e. The summed E-state index contributed by atoms with van der Waals surface area (Å²) in [6, 6.07) is 5.21. The molecule has 0 bridgehead atoms. The number of benzene rings is 1. The number of nitrogens with two attached hydrogens (primary N) is 1. The SMILES string of the molecule is CCOc1ccc(C(=O)N2CCCCC2)cc1NC(=O)[C@@H]1CC[C@H](CN)O1. The Balaban J connectivity index is 1.75. The number of piperidine rings is 1. The van der Waals surface area contributed by atoms with Crippen LogP contribution in [-0.4, -0.2) is 55.2 Å². The van der Waals surface area contributed by atoms with Gasteiger partial charge in [0.2, 0.25) is 0 Å². The summed E-state index contributed by atoms with van der Waals surface area (Å²) in [5.41, 5.74) is 6.68. The number of hydrogen-bond donors (Lipinski definition) is 2. The van der Waals surface area contributed by atoms with Gasteiger partial charge in [0.05, 0.1) is 18.4 Å². The van der Waals surface area contributed by atoms with Crippen LogP contribution in [0.2, 0.25) is 0 Å². The van der Waals surface area contributed by atoms with Crippen molar-refractivity contribution in [2.24, 2.45) is 5.73 Å². The molecule has 2 aliphatic rings. The van der Waals surface area contributed by atoms with E-state index in [-0.39, 0.29) is 17.9 Å². The van der Waals surface area contributed by atoms with E-state index in [1.807, 2.05) is 11.8 Å². The van der Waals surface area contributed by atoms with Crippen LogP contribution in [0.4, 0.5) is 5.69 Å². The monoisotopic (exact) mass is 375 g/mol. The zero-order valence-corrected chi connectivity index (χ0v) is 15.9. The Morgan fingerprint density at radius 3 is 2.70 bits per heavy atom. The van der Waals surface area contributed by atoms with E-state index in [1.54, 1.807) is 18.2 Å². The van der Waals surface area contributed by atoms with Crippen LogP contribution in [0.1, 0.15) is 49.4 Å². The predicted molar refractivity (Wildman–Crippen MR) is 103 cm³/mol. The number of anilines is 1. The largest absolute Gasteiger partial charge is 0.492 e. The van der Waals surface area contributed by atoms with Crippen LogP contribution in [0.5, 0.6) is 5.75 Å². The van der Waals surface area contributed by atoms with Gasteiger partial charge in [0.25, 0.3) is 11.8 Å². The lowest BCUT2D eigenvalue weighted by atomic mass is 10.1. The molecular weight excluding hydrogens is 346 g/mol. The van der Waals surface area contributed by atoms with Gasteiger partial charge in [-0.25, -0.2) is 0 Å². The standard InChI is InChI=1S/C20H29N3O4/c1-2-26-17-8-6-14(20(25)23-10-4-3-5-11-23)12-16(17)22-19(24)18-9-7-15(13-21)27-18/h6,8,12,15,18H,2-5,7,9-11,13,21H2,1H3,(H,22,24)/t15-,18+/m1/s1. The second-order valence-corrected chi connectivity index (χ2v) is 7.05. The quantitative estimate of drug-likeness (QED) is 0.795. The van der Waals surface area contributed by atoms with Crippen LogP contribution < -0.4 is 15.8 Å². The summed E-state index contributed by atoms with van der Waals surface area (Å²) < 4.78 is 11.3. The molecule has 0 spiro atoms. The van der Waals surface area contributed by atoms with E-state index in [0.29, 0.717) is 36.6 Å². The van der Waals surface area contributed by atoms with Crippen LogP contribution in [0, 0.1) is 0 Å². The summed E-state index contributed by atoms with van der Waals surface area (Å²) in [7, 11) is 0. The molecule has 0 radical (unpaired) electrons. The molecule has 1 aromatic carbocycles. The van der Waals surface area contributed by atoms with Crippen molar-refractivity contribution in [2.75, 3.05) is 31.6 Å². The molecule has 148 valence electrons. The Hall–Kier alpha value is -2.12. The number of carbonyl (C=O) groups excluding carboxylic acids is 2. The topological polar surface area (TPSA) is 93.9 Å². The Kier molecular flexibility index (Phi) is 6.68. The Labute approximate surface area is 160 Å². The van der Waals surface area contributed by atoms with Crippen molar-refractivity contribution >= 4 is 17.5 Å². The Morgan fingerprint density at radius 1 is 1.26 bits per heavy atom. The van der Waals surface area contributed by atoms with E-state index in [4.69, 9.17) is 15.2 Å². The maximum absolute atomic E-state index is 12.8. The van der Waals surface area contributed by atoms with Crippen molar-refractivity contribution in [1.82, 2.24) is 4.90 Å². The first-order valence-corrected chi connectivity index (χ1v) is 9.85. The molecule has 3 rings (SSSR count). The number of rotatable bonds is 6. The van der Waals surface area contributed by atoms with Gasteiger partial charge in [-0.15, -0.1) is 0 Å². The fourth-order valence-corrected chi connectivity index (χ4v) is 3.61. The molecule has 7 heteroatoms. The molecule has 3 N–H and O–H groups in total. The van der Waals surface area contributed by atoms with E-state index >= 15 is 0 Å². The molecule has 2 fully saturated rings. The van der Waals surface area contributed by atoms with Gasteiger partial charge in [0, 0.05) is 25.2 Å². The van der Waals surface area contributed by atoms with Crippen molar-refractivity contribution in [3.63, 3.8) is 0 Å². The van der Waals surface area contributed by atoms with Gasteiger partial charge in [0.15, 0.2) is 0 Å². The Morgan fingerprint density at radius 2 is 2.04 bits per heavy atom. The van der Waals surface area contributed by atoms with Gasteiger partial charge in [-0.05, 0) is 57.2 Å². The average Bonchev–Trinajstić information content (AvgIpc) is 3.19. The predicted octanol–water partition coefficient (Wildman–Crippen LogP) is 2.16. The van der Waals surface area contributed by atoms with Crippen molar-refractivity contribution in [1.29, 1.82) is 0 Å². The van der Waals surface area contributed by atoms with Crippen LogP contribution >= 0.6 is 0 Å². The smallest absolute Gasteiger partial charge is 0.253 e. The van der Waals surface area contributed by atoms with Crippen LogP contribution in [-0.2, 0) is 9.53 Å². The van der Waals surface area contributed by atoms with E-state index in [0.717, 1.165) is 32.4 Å². The molecule has 27 heavy (non-hydrogen) atoms. The highest BCUT2D eigenvalue weighted by molar-refractivity contribution is 5.99. The maximum atomic E-state index is 12.8. The van der Waals surface area contributed by atoms with Gasteiger partial charge in [0.1, 0.15) is 11.9 Å². The second-order valence-electron chi connectivity index (χ2n) is 7.05. The molecule has 2 amide bonds. The zero-order valence-electron chi connectivity index (χ0n) is 15.9. The lowest BCUT2D eigenvalue weighted by molar-refractivity contribution is -0.126. The lowest BCUT2D eigenvalue weighted by Gasteiger charge is -2.27. The number of nitrogens with zero attached hydrogens (tertiary/aromatic N) is 1. The first-order chi connectivity index (χ1) is 13.1.